The molecule has 1 aromatic heterocycles. The lowest BCUT2D eigenvalue weighted by Gasteiger charge is -2.15. The van der Waals surface area contributed by atoms with Gasteiger partial charge in [0.2, 0.25) is 0 Å². The fraction of sp³-hybridized carbons (Fsp3) is 0.333. The largest absolute Gasteiger partial charge is 0.504 e. The second-order valence-corrected chi connectivity index (χ2v) is 4.55. The smallest absolute Gasteiger partial charge is 0.160 e. The molecule has 1 unspecified atom stereocenters. The molecule has 0 aliphatic carbocycles. The minimum Gasteiger partial charge on any atom is -0.504 e. The van der Waals surface area contributed by atoms with E-state index in [9.17, 15) is 5.11 Å². The monoisotopic (exact) mass is 261 g/mol. The lowest BCUT2D eigenvalue weighted by molar-refractivity contribution is 0.373. The van der Waals surface area contributed by atoms with E-state index in [-0.39, 0.29) is 11.8 Å². The van der Waals surface area contributed by atoms with Gasteiger partial charge in [0.1, 0.15) is 5.76 Å². The molecule has 0 saturated carbocycles. The number of aryl methyl sites for hydroxylation is 1. The van der Waals surface area contributed by atoms with E-state index in [2.05, 4.69) is 12.2 Å². The van der Waals surface area contributed by atoms with Gasteiger partial charge in [-0.25, -0.2) is 0 Å². The molecule has 0 bridgehead atoms. The highest BCUT2D eigenvalue weighted by atomic mass is 16.5. The van der Waals surface area contributed by atoms with Gasteiger partial charge in [0, 0.05) is 24.2 Å². The number of rotatable bonds is 6. The first-order chi connectivity index (χ1) is 9.19. The fourth-order valence-electron chi connectivity index (χ4n) is 1.95. The Morgan fingerprint density at radius 3 is 2.84 bits per heavy atom. The number of anilines is 1. The number of nitrogens with one attached hydrogen (secondary N) is 1. The van der Waals surface area contributed by atoms with Gasteiger partial charge in [0.25, 0.3) is 0 Å². The Bertz CT molecular complexity index is 508. The summed E-state index contributed by atoms with van der Waals surface area (Å²) in [7, 11) is 1.54. The lowest BCUT2D eigenvalue weighted by atomic mass is 10.1. The molecule has 0 saturated heterocycles. The third kappa shape index (κ3) is 3.68. The van der Waals surface area contributed by atoms with Crippen LogP contribution >= 0.6 is 0 Å². The van der Waals surface area contributed by atoms with Crippen LogP contribution in [0, 0.1) is 0 Å². The summed E-state index contributed by atoms with van der Waals surface area (Å²) >= 11 is 0. The molecule has 1 atom stereocenters. The quantitative estimate of drug-likeness (QED) is 0.836. The number of hydrogen-bond donors (Lipinski definition) is 2. The second-order valence-electron chi connectivity index (χ2n) is 4.55. The number of methoxy groups -OCH3 is 1. The van der Waals surface area contributed by atoms with Crippen molar-refractivity contribution in [1.29, 1.82) is 0 Å². The Balaban J connectivity index is 1.88. The van der Waals surface area contributed by atoms with Gasteiger partial charge >= 0.3 is 0 Å². The van der Waals surface area contributed by atoms with Crippen molar-refractivity contribution < 1.29 is 14.3 Å². The third-order valence-electron chi connectivity index (χ3n) is 3.00. The molecule has 102 valence electrons. The highest BCUT2D eigenvalue weighted by Crippen LogP contribution is 2.28. The van der Waals surface area contributed by atoms with E-state index in [0.717, 1.165) is 24.3 Å². The summed E-state index contributed by atoms with van der Waals surface area (Å²) in [6.45, 7) is 2.10. The SMILES string of the molecule is COc1ccc(NC(C)CCc2ccco2)cc1O. The van der Waals surface area contributed by atoms with E-state index in [1.54, 1.807) is 18.4 Å². The Morgan fingerprint density at radius 2 is 2.21 bits per heavy atom. The Morgan fingerprint density at radius 1 is 1.37 bits per heavy atom. The summed E-state index contributed by atoms with van der Waals surface area (Å²) in [4.78, 5) is 0. The van der Waals surface area contributed by atoms with E-state index < -0.39 is 0 Å². The van der Waals surface area contributed by atoms with Crippen molar-refractivity contribution in [2.75, 3.05) is 12.4 Å². The van der Waals surface area contributed by atoms with Crippen LogP contribution in [0.5, 0.6) is 11.5 Å². The van der Waals surface area contributed by atoms with E-state index in [1.165, 1.54) is 7.11 Å². The molecule has 2 rings (SSSR count). The standard InChI is InChI=1S/C15H19NO3/c1-11(5-7-13-4-3-9-19-13)16-12-6-8-15(18-2)14(17)10-12/h3-4,6,8-11,16-17H,5,7H2,1-2H3. The van der Waals surface area contributed by atoms with Gasteiger partial charge in [-0.05, 0) is 37.6 Å². The zero-order valence-corrected chi connectivity index (χ0v) is 11.2. The maximum atomic E-state index is 9.70. The van der Waals surface area contributed by atoms with Crippen LogP contribution in [0.4, 0.5) is 5.69 Å². The van der Waals surface area contributed by atoms with Gasteiger partial charge in [0.15, 0.2) is 11.5 Å². The fourth-order valence-corrected chi connectivity index (χ4v) is 1.95. The molecule has 0 amide bonds. The van der Waals surface area contributed by atoms with Gasteiger partial charge in [-0.15, -0.1) is 0 Å². The van der Waals surface area contributed by atoms with Gasteiger partial charge < -0.3 is 19.6 Å². The topological polar surface area (TPSA) is 54.6 Å². The van der Waals surface area contributed by atoms with Crippen LogP contribution in [0.1, 0.15) is 19.1 Å². The summed E-state index contributed by atoms with van der Waals surface area (Å²) in [6.07, 6.45) is 3.54. The third-order valence-corrected chi connectivity index (χ3v) is 3.00. The maximum Gasteiger partial charge on any atom is 0.160 e. The maximum absolute atomic E-state index is 9.70. The zero-order valence-electron chi connectivity index (χ0n) is 11.2. The summed E-state index contributed by atoms with van der Waals surface area (Å²) < 4.78 is 10.3. The molecular weight excluding hydrogens is 242 g/mol. The Hall–Kier alpha value is -2.10. The number of benzene rings is 1. The van der Waals surface area contributed by atoms with Gasteiger partial charge in [-0.1, -0.05) is 0 Å². The highest BCUT2D eigenvalue weighted by molar-refractivity contribution is 5.54. The first kappa shape index (κ1) is 13.3. The van der Waals surface area contributed by atoms with Gasteiger partial charge in [-0.3, -0.25) is 0 Å². The predicted molar refractivity (Wildman–Crippen MR) is 74.8 cm³/mol. The summed E-state index contributed by atoms with van der Waals surface area (Å²) in [6, 6.07) is 9.47. The van der Waals surface area contributed by atoms with E-state index in [1.807, 2.05) is 18.2 Å². The van der Waals surface area contributed by atoms with Crippen molar-refractivity contribution in [3.8, 4) is 11.5 Å². The first-order valence-electron chi connectivity index (χ1n) is 6.35. The Labute approximate surface area is 113 Å². The molecule has 4 heteroatoms. The molecule has 2 aromatic rings. The van der Waals surface area contributed by atoms with Crippen LogP contribution in [0.15, 0.2) is 41.0 Å². The molecule has 1 aromatic carbocycles. The second kappa shape index (κ2) is 6.18. The normalized spacial score (nSPS) is 12.1. The average molecular weight is 261 g/mol. The molecule has 1 heterocycles. The molecule has 4 nitrogen and oxygen atoms in total. The summed E-state index contributed by atoms with van der Waals surface area (Å²) in [5, 5.41) is 13.0. The minimum atomic E-state index is 0.144. The number of phenols is 1. The van der Waals surface area contributed by atoms with Crippen molar-refractivity contribution in [3.63, 3.8) is 0 Å². The Kier molecular flexibility index (Phi) is 4.34. The van der Waals surface area contributed by atoms with Crippen LogP contribution in [-0.2, 0) is 6.42 Å². The van der Waals surface area contributed by atoms with Crippen molar-refractivity contribution in [2.24, 2.45) is 0 Å². The lowest BCUT2D eigenvalue weighted by Crippen LogP contribution is -2.15. The van der Waals surface area contributed by atoms with Crippen LogP contribution in [-0.4, -0.2) is 18.3 Å². The molecule has 0 fully saturated rings. The molecule has 0 aliphatic heterocycles. The van der Waals surface area contributed by atoms with E-state index >= 15 is 0 Å². The molecule has 0 radical (unpaired) electrons. The molecule has 0 aliphatic rings. The zero-order chi connectivity index (χ0) is 13.7. The number of hydrogen-bond acceptors (Lipinski definition) is 4. The molecule has 19 heavy (non-hydrogen) atoms. The summed E-state index contributed by atoms with van der Waals surface area (Å²) in [5.41, 5.74) is 0.880. The number of furan rings is 1. The van der Waals surface area contributed by atoms with Crippen LogP contribution < -0.4 is 10.1 Å². The number of ether oxygens (including phenoxy) is 1. The van der Waals surface area contributed by atoms with E-state index in [0.29, 0.717) is 5.75 Å². The number of aromatic hydroxyl groups is 1. The van der Waals surface area contributed by atoms with Crippen LogP contribution in [0.2, 0.25) is 0 Å². The highest BCUT2D eigenvalue weighted by Gasteiger charge is 2.07. The number of phenolic OH excluding ortho intramolecular Hbond substituents is 1. The first-order valence-corrected chi connectivity index (χ1v) is 6.35. The van der Waals surface area contributed by atoms with Crippen molar-refractivity contribution in [1.82, 2.24) is 0 Å². The van der Waals surface area contributed by atoms with Crippen molar-refractivity contribution in [3.05, 3.63) is 42.4 Å². The molecule has 2 N–H and O–H groups in total. The minimum absolute atomic E-state index is 0.144. The molecule has 0 spiro atoms. The van der Waals surface area contributed by atoms with Gasteiger partial charge in [0.05, 0.1) is 13.4 Å². The molecular formula is C15H19NO3. The van der Waals surface area contributed by atoms with Crippen molar-refractivity contribution >= 4 is 5.69 Å². The van der Waals surface area contributed by atoms with Crippen LogP contribution in [0.3, 0.4) is 0 Å². The van der Waals surface area contributed by atoms with Gasteiger partial charge in [-0.2, -0.15) is 0 Å². The predicted octanol–water partition coefficient (Wildman–Crippen LogP) is 3.43. The van der Waals surface area contributed by atoms with Crippen molar-refractivity contribution in [2.45, 2.75) is 25.8 Å². The average Bonchev–Trinajstić information content (AvgIpc) is 2.90. The summed E-state index contributed by atoms with van der Waals surface area (Å²) in [5.74, 6) is 1.62. The van der Waals surface area contributed by atoms with Crippen LogP contribution in [0.25, 0.3) is 0 Å². The van der Waals surface area contributed by atoms with E-state index in [4.69, 9.17) is 9.15 Å².